The van der Waals surface area contributed by atoms with Gasteiger partial charge in [0.2, 0.25) is 5.91 Å². The number of anilines is 1. The fourth-order valence-corrected chi connectivity index (χ4v) is 3.45. The van der Waals surface area contributed by atoms with Crippen LogP contribution in [0.3, 0.4) is 0 Å². The third-order valence-corrected chi connectivity index (χ3v) is 5.02. The van der Waals surface area contributed by atoms with Crippen molar-refractivity contribution < 1.29 is 18.1 Å². The number of benzene rings is 1. The molecule has 1 atom stereocenters. The number of hydrogen-bond donors (Lipinski definition) is 1. The number of carbonyl (C=O) groups excluding carboxylic acids is 1. The van der Waals surface area contributed by atoms with Crippen molar-refractivity contribution in [2.24, 2.45) is 0 Å². The number of aromatic amines is 1. The van der Waals surface area contributed by atoms with E-state index in [4.69, 9.17) is 20.5 Å². The van der Waals surface area contributed by atoms with Crippen molar-refractivity contribution >= 4 is 23.2 Å². The van der Waals surface area contributed by atoms with Gasteiger partial charge in [0.1, 0.15) is 17.2 Å². The molecule has 1 aromatic carbocycles. The summed E-state index contributed by atoms with van der Waals surface area (Å²) in [5.74, 6) is 0.387. The van der Waals surface area contributed by atoms with Gasteiger partial charge in [-0.1, -0.05) is 16.8 Å². The summed E-state index contributed by atoms with van der Waals surface area (Å²) >= 11 is 5.83. The third-order valence-electron chi connectivity index (χ3n) is 4.73. The highest BCUT2D eigenvalue weighted by molar-refractivity contribution is 6.31. The highest BCUT2D eigenvalue weighted by atomic mass is 35.5. The minimum Gasteiger partial charge on any atom is -0.463 e. The lowest BCUT2D eigenvalue weighted by Crippen LogP contribution is -2.24. The molecule has 1 aliphatic rings. The Hall–Kier alpha value is -3.46. The van der Waals surface area contributed by atoms with Crippen LogP contribution < -0.4 is 4.90 Å². The first-order valence-electron chi connectivity index (χ1n) is 8.77. The number of nitrogens with one attached hydrogen (secondary N) is 1. The number of aromatic nitrogens is 4. The molecule has 5 rings (SSSR count). The summed E-state index contributed by atoms with van der Waals surface area (Å²) in [4.78, 5) is 18.4. The molecule has 0 bridgehead atoms. The highest BCUT2D eigenvalue weighted by Gasteiger charge is 2.35. The van der Waals surface area contributed by atoms with Crippen molar-refractivity contribution in [3.8, 4) is 23.0 Å². The smallest absolute Gasteiger partial charge is 0.275 e. The molecule has 1 amide bonds. The maximum Gasteiger partial charge on any atom is 0.275 e. The van der Waals surface area contributed by atoms with Crippen LogP contribution >= 0.6 is 11.6 Å². The van der Waals surface area contributed by atoms with E-state index in [-0.39, 0.29) is 29.2 Å². The molecule has 1 saturated heterocycles. The van der Waals surface area contributed by atoms with Gasteiger partial charge in [-0.25, -0.2) is 4.39 Å². The van der Waals surface area contributed by atoms with Crippen molar-refractivity contribution in [1.29, 1.82) is 0 Å². The molecule has 0 radical (unpaired) electrons. The van der Waals surface area contributed by atoms with Crippen molar-refractivity contribution in [3.63, 3.8) is 0 Å². The molecule has 1 fully saturated rings. The molecule has 4 aromatic rings. The first kappa shape index (κ1) is 17.6. The Morgan fingerprint density at radius 2 is 2.17 bits per heavy atom. The standard InChI is InChI=1S/C19H13ClFN5O3/c20-12-7-11(3-4-13(12)21)26-9-10(6-17(26)27)18-22-19(29-25-18)15-8-14(23-24-15)16-2-1-5-28-16/h1-5,7-8,10H,6,9H2,(H,23,24). The first-order valence-corrected chi connectivity index (χ1v) is 9.15. The van der Waals surface area contributed by atoms with E-state index < -0.39 is 5.82 Å². The zero-order valence-electron chi connectivity index (χ0n) is 14.8. The maximum absolute atomic E-state index is 13.4. The van der Waals surface area contributed by atoms with Crippen LogP contribution in [-0.2, 0) is 4.79 Å². The predicted molar refractivity (Wildman–Crippen MR) is 101 cm³/mol. The number of halogens is 2. The van der Waals surface area contributed by atoms with Crippen molar-refractivity contribution in [2.45, 2.75) is 12.3 Å². The average Bonchev–Trinajstić information content (AvgIpc) is 3.49. The van der Waals surface area contributed by atoms with E-state index in [2.05, 4.69) is 20.3 Å². The Bertz CT molecular complexity index is 1190. The number of hydrogen-bond acceptors (Lipinski definition) is 6. The fraction of sp³-hybridized carbons (Fsp3) is 0.158. The number of rotatable bonds is 4. The van der Waals surface area contributed by atoms with Crippen LogP contribution in [0.4, 0.5) is 10.1 Å². The van der Waals surface area contributed by atoms with Gasteiger partial charge in [0, 0.05) is 30.6 Å². The van der Waals surface area contributed by atoms with E-state index in [1.165, 1.54) is 23.1 Å². The number of furan rings is 1. The van der Waals surface area contributed by atoms with E-state index in [0.29, 0.717) is 35.2 Å². The van der Waals surface area contributed by atoms with Crippen LogP contribution in [-0.4, -0.2) is 32.8 Å². The summed E-state index contributed by atoms with van der Waals surface area (Å²) in [5, 5.41) is 11.0. The summed E-state index contributed by atoms with van der Waals surface area (Å²) in [7, 11) is 0. The van der Waals surface area contributed by atoms with E-state index in [0.717, 1.165) is 0 Å². The maximum atomic E-state index is 13.4. The number of H-pyrrole nitrogens is 1. The van der Waals surface area contributed by atoms with Gasteiger partial charge in [0.05, 0.1) is 11.3 Å². The molecule has 0 spiro atoms. The molecule has 10 heteroatoms. The summed E-state index contributed by atoms with van der Waals surface area (Å²) < 4.78 is 24.1. The van der Waals surface area contributed by atoms with Crippen LogP contribution in [0.15, 0.2) is 51.6 Å². The van der Waals surface area contributed by atoms with Gasteiger partial charge in [0.15, 0.2) is 11.6 Å². The molecule has 3 aromatic heterocycles. The second-order valence-corrected chi connectivity index (χ2v) is 7.01. The van der Waals surface area contributed by atoms with Gasteiger partial charge in [-0.2, -0.15) is 10.1 Å². The minimum absolute atomic E-state index is 0.0350. The van der Waals surface area contributed by atoms with Crippen LogP contribution in [0.2, 0.25) is 5.02 Å². The minimum atomic E-state index is -0.533. The van der Waals surface area contributed by atoms with E-state index >= 15 is 0 Å². The molecular formula is C19H13ClFN5O3. The summed E-state index contributed by atoms with van der Waals surface area (Å²) in [6.45, 7) is 0.348. The summed E-state index contributed by atoms with van der Waals surface area (Å²) in [6.07, 6.45) is 1.78. The van der Waals surface area contributed by atoms with E-state index in [1.807, 2.05) is 0 Å². The Morgan fingerprint density at radius 1 is 1.28 bits per heavy atom. The van der Waals surface area contributed by atoms with Crippen LogP contribution in [0.1, 0.15) is 18.2 Å². The normalized spacial score (nSPS) is 16.7. The molecule has 1 N–H and O–H groups in total. The highest BCUT2D eigenvalue weighted by Crippen LogP contribution is 2.33. The summed E-state index contributed by atoms with van der Waals surface area (Å²) in [6, 6.07) is 9.48. The molecule has 0 aliphatic carbocycles. The topological polar surface area (TPSA) is 101 Å². The van der Waals surface area contributed by atoms with Gasteiger partial charge in [-0.3, -0.25) is 9.89 Å². The molecule has 1 unspecified atom stereocenters. The second kappa shape index (κ2) is 6.85. The molecule has 146 valence electrons. The van der Waals surface area contributed by atoms with Gasteiger partial charge in [-0.05, 0) is 30.3 Å². The van der Waals surface area contributed by atoms with Gasteiger partial charge < -0.3 is 13.8 Å². The number of carbonyl (C=O) groups is 1. The van der Waals surface area contributed by atoms with Crippen LogP contribution in [0.25, 0.3) is 23.0 Å². The van der Waals surface area contributed by atoms with Gasteiger partial charge in [-0.15, -0.1) is 0 Å². The third kappa shape index (κ3) is 3.19. The zero-order valence-corrected chi connectivity index (χ0v) is 15.6. The molecule has 29 heavy (non-hydrogen) atoms. The second-order valence-electron chi connectivity index (χ2n) is 6.61. The lowest BCUT2D eigenvalue weighted by atomic mass is 10.1. The zero-order chi connectivity index (χ0) is 20.0. The van der Waals surface area contributed by atoms with E-state index in [1.54, 1.807) is 24.5 Å². The largest absolute Gasteiger partial charge is 0.463 e. The quantitative estimate of drug-likeness (QED) is 0.542. The van der Waals surface area contributed by atoms with Crippen molar-refractivity contribution in [1.82, 2.24) is 20.3 Å². The lowest BCUT2D eigenvalue weighted by Gasteiger charge is -2.16. The Morgan fingerprint density at radius 3 is 2.97 bits per heavy atom. The van der Waals surface area contributed by atoms with Crippen LogP contribution in [0, 0.1) is 5.82 Å². The number of amides is 1. The van der Waals surface area contributed by atoms with Crippen LogP contribution in [0.5, 0.6) is 0 Å². The van der Waals surface area contributed by atoms with E-state index in [9.17, 15) is 9.18 Å². The molecular weight excluding hydrogens is 401 g/mol. The lowest BCUT2D eigenvalue weighted by molar-refractivity contribution is -0.117. The molecule has 8 nitrogen and oxygen atoms in total. The van der Waals surface area contributed by atoms with Gasteiger partial charge in [0.25, 0.3) is 5.89 Å². The fourth-order valence-electron chi connectivity index (χ4n) is 3.27. The Balaban J connectivity index is 1.36. The summed E-state index contributed by atoms with van der Waals surface area (Å²) in [5.41, 5.74) is 1.69. The Kier molecular flexibility index (Phi) is 4.17. The van der Waals surface area contributed by atoms with Crippen molar-refractivity contribution in [3.05, 3.63) is 59.3 Å². The first-order chi connectivity index (χ1) is 14.1. The molecule has 0 saturated carbocycles. The van der Waals surface area contributed by atoms with Gasteiger partial charge >= 0.3 is 0 Å². The monoisotopic (exact) mass is 413 g/mol. The molecule has 4 heterocycles. The Labute approximate surface area is 168 Å². The average molecular weight is 414 g/mol. The predicted octanol–water partition coefficient (Wildman–Crippen LogP) is 4.03. The van der Waals surface area contributed by atoms with Crippen molar-refractivity contribution in [2.75, 3.05) is 11.4 Å². The number of nitrogens with zero attached hydrogens (tertiary/aromatic N) is 4. The SMILES string of the molecule is O=C1CC(c2noc(-c3cc(-c4ccco4)n[nH]3)n2)CN1c1ccc(F)c(Cl)c1. The molecule has 1 aliphatic heterocycles.